The Morgan fingerprint density at radius 2 is 2.30 bits per heavy atom. The van der Waals surface area contributed by atoms with Crippen molar-refractivity contribution in [1.82, 2.24) is 5.32 Å². The van der Waals surface area contributed by atoms with Gasteiger partial charge in [-0.05, 0) is 56.8 Å². The summed E-state index contributed by atoms with van der Waals surface area (Å²) in [6.45, 7) is 6.47. The van der Waals surface area contributed by atoms with Crippen LogP contribution in [0.3, 0.4) is 0 Å². The second kappa shape index (κ2) is 8.71. The van der Waals surface area contributed by atoms with Gasteiger partial charge in [-0.2, -0.15) is 0 Å². The van der Waals surface area contributed by atoms with Crippen LogP contribution >= 0.6 is 11.8 Å². The summed E-state index contributed by atoms with van der Waals surface area (Å²) in [6, 6.07) is 9.35. The fourth-order valence-electron chi connectivity index (χ4n) is 2.48. The topological polar surface area (TPSA) is 21.3 Å². The minimum Gasteiger partial charge on any atom is -0.377 e. The molecule has 20 heavy (non-hydrogen) atoms. The Morgan fingerprint density at radius 1 is 1.40 bits per heavy atom. The van der Waals surface area contributed by atoms with E-state index in [9.17, 15) is 0 Å². The lowest BCUT2D eigenvalue weighted by atomic mass is 10.1. The predicted octanol–water partition coefficient (Wildman–Crippen LogP) is 4.41. The van der Waals surface area contributed by atoms with Gasteiger partial charge in [0.2, 0.25) is 0 Å². The van der Waals surface area contributed by atoms with Crippen LogP contribution in [0.15, 0.2) is 29.2 Å². The molecule has 1 aromatic carbocycles. The molecule has 0 radical (unpaired) electrons. The first-order valence-electron chi connectivity index (χ1n) is 7.87. The second-order valence-corrected chi connectivity index (χ2v) is 6.64. The summed E-state index contributed by atoms with van der Waals surface area (Å²) in [6.07, 6.45) is 5.41. The molecule has 1 aromatic rings. The van der Waals surface area contributed by atoms with E-state index in [1.165, 1.54) is 36.1 Å². The molecule has 1 N–H and O–H groups in total. The van der Waals surface area contributed by atoms with Gasteiger partial charge in [0.05, 0.1) is 6.10 Å². The molecule has 0 aliphatic carbocycles. The first-order valence-corrected chi connectivity index (χ1v) is 8.86. The van der Waals surface area contributed by atoms with Crippen LogP contribution in [0.25, 0.3) is 0 Å². The molecule has 112 valence electrons. The maximum absolute atomic E-state index is 5.80. The Morgan fingerprint density at radius 3 is 3.05 bits per heavy atom. The van der Waals surface area contributed by atoms with Gasteiger partial charge < -0.3 is 10.1 Å². The highest BCUT2D eigenvalue weighted by Gasteiger charge is 2.14. The maximum atomic E-state index is 5.80. The van der Waals surface area contributed by atoms with Crippen LogP contribution in [0.1, 0.15) is 51.1 Å². The average Bonchev–Trinajstić information content (AvgIpc) is 2.52. The molecule has 0 spiro atoms. The molecule has 1 heterocycles. The minimum atomic E-state index is 0.432. The molecule has 0 bridgehead atoms. The average molecular weight is 293 g/mol. The molecule has 2 unspecified atom stereocenters. The van der Waals surface area contributed by atoms with Crippen molar-refractivity contribution in [2.45, 2.75) is 56.6 Å². The summed E-state index contributed by atoms with van der Waals surface area (Å²) < 4.78 is 5.80. The van der Waals surface area contributed by atoms with Crippen molar-refractivity contribution in [2.75, 3.05) is 18.9 Å². The lowest BCUT2D eigenvalue weighted by Crippen LogP contribution is -2.21. The van der Waals surface area contributed by atoms with Crippen LogP contribution in [0.5, 0.6) is 0 Å². The number of rotatable bonds is 7. The zero-order valence-corrected chi connectivity index (χ0v) is 13.5. The van der Waals surface area contributed by atoms with Gasteiger partial charge in [-0.25, -0.2) is 0 Å². The molecule has 1 aliphatic rings. The molecule has 3 heteroatoms. The van der Waals surface area contributed by atoms with Crippen molar-refractivity contribution >= 4 is 11.8 Å². The molecular weight excluding hydrogens is 266 g/mol. The van der Waals surface area contributed by atoms with Crippen molar-refractivity contribution in [3.05, 3.63) is 29.8 Å². The summed E-state index contributed by atoms with van der Waals surface area (Å²) >= 11 is 1.93. The number of hydrogen-bond acceptors (Lipinski definition) is 3. The zero-order chi connectivity index (χ0) is 14.2. The summed E-state index contributed by atoms with van der Waals surface area (Å²) in [5.74, 6) is 1.08. The monoisotopic (exact) mass is 293 g/mol. The van der Waals surface area contributed by atoms with E-state index in [0.29, 0.717) is 12.1 Å². The quantitative estimate of drug-likeness (QED) is 0.753. The maximum Gasteiger partial charge on any atom is 0.0669 e. The van der Waals surface area contributed by atoms with Crippen LogP contribution in [0.2, 0.25) is 0 Å². The van der Waals surface area contributed by atoms with E-state index in [4.69, 9.17) is 4.74 Å². The van der Waals surface area contributed by atoms with Gasteiger partial charge in [0, 0.05) is 23.3 Å². The van der Waals surface area contributed by atoms with Crippen LogP contribution in [0, 0.1) is 0 Å². The largest absolute Gasteiger partial charge is 0.377 e. The number of ether oxygens (including phenoxy) is 1. The number of thioether (sulfide) groups is 1. The van der Waals surface area contributed by atoms with Crippen molar-refractivity contribution in [3.63, 3.8) is 0 Å². The van der Waals surface area contributed by atoms with Gasteiger partial charge in [-0.15, -0.1) is 11.8 Å². The van der Waals surface area contributed by atoms with Gasteiger partial charge in [0.25, 0.3) is 0 Å². The third-order valence-electron chi connectivity index (χ3n) is 3.77. The van der Waals surface area contributed by atoms with Crippen molar-refractivity contribution < 1.29 is 4.74 Å². The van der Waals surface area contributed by atoms with Gasteiger partial charge in [-0.1, -0.05) is 19.1 Å². The lowest BCUT2D eigenvalue weighted by molar-refractivity contribution is 0.0315. The zero-order valence-electron chi connectivity index (χ0n) is 12.7. The second-order valence-electron chi connectivity index (χ2n) is 5.55. The van der Waals surface area contributed by atoms with Crippen molar-refractivity contribution in [2.24, 2.45) is 0 Å². The van der Waals surface area contributed by atoms with Gasteiger partial charge in [0.1, 0.15) is 0 Å². The SMILES string of the molecule is CCCNC(C)c1cccc(SCC2CCCCO2)c1. The van der Waals surface area contributed by atoms with Gasteiger partial charge in [0.15, 0.2) is 0 Å². The minimum absolute atomic E-state index is 0.432. The third-order valence-corrected chi connectivity index (χ3v) is 4.89. The van der Waals surface area contributed by atoms with Gasteiger partial charge in [-0.3, -0.25) is 0 Å². The summed E-state index contributed by atoms with van der Waals surface area (Å²) in [4.78, 5) is 1.36. The van der Waals surface area contributed by atoms with E-state index in [1.54, 1.807) is 0 Å². The third kappa shape index (κ3) is 5.12. The molecule has 0 saturated carbocycles. The highest BCUT2D eigenvalue weighted by Crippen LogP contribution is 2.26. The smallest absolute Gasteiger partial charge is 0.0669 e. The summed E-state index contributed by atoms with van der Waals surface area (Å²) in [7, 11) is 0. The normalized spacial score (nSPS) is 20.8. The van der Waals surface area contributed by atoms with Crippen LogP contribution < -0.4 is 5.32 Å². The molecule has 2 rings (SSSR count). The summed E-state index contributed by atoms with van der Waals surface area (Å²) in [5, 5.41) is 3.55. The Bertz CT molecular complexity index is 390. The first-order chi connectivity index (χ1) is 9.79. The molecule has 1 aliphatic heterocycles. The first kappa shape index (κ1) is 15.9. The molecule has 2 nitrogen and oxygen atoms in total. The molecule has 0 aromatic heterocycles. The standard InChI is InChI=1S/C17H27NOS/c1-3-10-18-14(2)15-7-6-9-17(12-15)20-13-16-8-4-5-11-19-16/h6-7,9,12,14,16,18H,3-5,8,10-11,13H2,1-2H3. The van der Waals surface area contributed by atoms with E-state index in [2.05, 4.69) is 43.4 Å². The van der Waals surface area contributed by atoms with Crippen molar-refractivity contribution in [3.8, 4) is 0 Å². The van der Waals surface area contributed by atoms with E-state index < -0.39 is 0 Å². The molecule has 1 fully saturated rings. The fraction of sp³-hybridized carbons (Fsp3) is 0.647. The van der Waals surface area contributed by atoms with E-state index in [1.807, 2.05) is 11.8 Å². The van der Waals surface area contributed by atoms with E-state index >= 15 is 0 Å². The molecule has 0 amide bonds. The van der Waals surface area contributed by atoms with Crippen molar-refractivity contribution in [1.29, 1.82) is 0 Å². The van der Waals surface area contributed by atoms with E-state index in [-0.39, 0.29) is 0 Å². The fourth-order valence-corrected chi connectivity index (χ4v) is 3.52. The predicted molar refractivity (Wildman–Crippen MR) is 87.5 cm³/mol. The highest BCUT2D eigenvalue weighted by atomic mass is 32.2. The Labute approximate surface area is 127 Å². The lowest BCUT2D eigenvalue weighted by Gasteiger charge is -2.22. The Hall–Kier alpha value is -0.510. The van der Waals surface area contributed by atoms with Crippen LogP contribution in [0.4, 0.5) is 0 Å². The van der Waals surface area contributed by atoms with E-state index in [0.717, 1.165) is 18.9 Å². The number of nitrogens with one attached hydrogen (secondary N) is 1. The molecular formula is C17H27NOS. The number of hydrogen-bond donors (Lipinski definition) is 1. The van der Waals surface area contributed by atoms with Gasteiger partial charge >= 0.3 is 0 Å². The van der Waals surface area contributed by atoms with Crippen LogP contribution in [-0.4, -0.2) is 25.0 Å². The molecule has 1 saturated heterocycles. The summed E-state index contributed by atoms with van der Waals surface area (Å²) in [5.41, 5.74) is 1.38. The number of benzene rings is 1. The Balaban J connectivity index is 1.85. The highest BCUT2D eigenvalue weighted by molar-refractivity contribution is 7.99. The van der Waals surface area contributed by atoms with Crippen LogP contribution in [-0.2, 0) is 4.74 Å². The molecule has 2 atom stereocenters. The Kier molecular flexibility index (Phi) is 6.91.